The van der Waals surface area contributed by atoms with Crippen molar-refractivity contribution in [2.45, 2.75) is 12.8 Å². The van der Waals surface area contributed by atoms with Crippen LogP contribution in [-0.2, 0) is 7.05 Å². The molecule has 17 heavy (non-hydrogen) atoms. The number of nitrogens with one attached hydrogen (secondary N) is 1. The van der Waals surface area contributed by atoms with E-state index in [-0.39, 0.29) is 12.0 Å². The summed E-state index contributed by atoms with van der Waals surface area (Å²) in [5.74, 6) is 0.880. The molecule has 3 rings (SSSR count). The molecule has 0 spiro atoms. The van der Waals surface area contributed by atoms with Crippen LogP contribution in [0.2, 0.25) is 0 Å². The number of rotatable bonds is 4. The minimum absolute atomic E-state index is 0.109. The Kier molecular flexibility index (Phi) is 2.33. The molecular formula is C13H17N3O. The maximum atomic E-state index is 9.28. The number of para-hydroxylation sites is 2. The second kappa shape index (κ2) is 3.74. The minimum Gasteiger partial charge on any atom is -0.396 e. The molecule has 0 aliphatic heterocycles. The van der Waals surface area contributed by atoms with E-state index in [1.54, 1.807) is 0 Å². The van der Waals surface area contributed by atoms with Crippen LogP contribution in [0.15, 0.2) is 24.3 Å². The molecule has 0 bridgehead atoms. The Labute approximate surface area is 100 Å². The fourth-order valence-electron chi connectivity index (χ4n) is 2.14. The fraction of sp³-hybridized carbons (Fsp3) is 0.462. The summed E-state index contributed by atoms with van der Waals surface area (Å²) in [5, 5.41) is 12.6. The number of hydrogen-bond donors (Lipinski definition) is 2. The van der Waals surface area contributed by atoms with Gasteiger partial charge in [-0.15, -0.1) is 0 Å². The summed E-state index contributed by atoms with van der Waals surface area (Å²) in [6.07, 6.45) is 2.22. The van der Waals surface area contributed by atoms with Gasteiger partial charge in [0.05, 0.1) is 17.6 Å². The van der Waals surface area contributed by atoms with E-state index >= 15 is 0 Å². The maximum Gasteiger partial charge on any atom is 0.203 e. The molecule has 1 saturated carbocycles. The smallest absolute Gasteiger partial charge is 0.203 e. The molecule has 1 aromatic heterocycles. The predicted molar refractivity (Wildman–Crippen MR) is 68.0 cm³/mol. The van der Waals surface area contributed by atoms with Gasteiger partial charge in [0.2, 0.25) is 5.95 Å². The van der Waals surface area contributed by atoms with Crippen LogP contribution < -0.4 is 5.32 Å². The molecular weight excluding hydrogens is 214 g/mol. The third-order valence-corrected chi connectivity index (χ3v) is 3.70. The number of benzene rings is 1. The highest BCUT2D eigenvalue weighted by atomic mass is 16.3. The SMILES string of the molecule is Cn1c(NCC2(CO)CC2)nc2ccccc21. The van der Waals surface area contributed by atoms with E-state index in [9.17, 15) is 5.11 Å². The predicted octanol–water partition coefficient (Wildman–Crippen LogP) is 1.76. The molecule has 0 saturated heterocycles. The van der Waals surface area contributed by atoms with E-state index in [0.717, 1.165) is 36.4 Å². The molecule has 1 aromatic carbocycles. The van der Waals surface area contributed by atoms with Gasteiger partial charge >= 0.3 is 0 Å². The topological polar surface area (TPSA) is 50.1 Å². The van der Waals surface area contributed by atoms with Gasteiger partial charge in [-0.25, -0.2) is 4.98 Å². The fourth-order valence-corrected chi connectivity index (χ4v) is 2.14. The Morgan fingerprint density at radius 3 is 2.82 bits per heavy atom. The normalized spacial score (nSPS) is 17.3. The van der Waals surface area contributed by atoms with E-state index < -0.39 is 0 Å². The maximum absolute atomic E-state index is 9.28. The Balaban J connectivity index is 1.83. The van der Waals surface area contributed by atoms with Crippen LogP contribution in [0.3, 0.4) is 0 Å². The molecule has 1 aliphatic rings. The highest BCUT2D eigenvalue weighted by Crippen LogP contribution is 2.44. The lowest BCUT2D eigenvalue weighted by molar-refractivity contribution is 0.219. The van der Waals surface area contributed by atoms with Crippen molar-refractivity contribution >= 4 is 17.0 Å². The quantitative estimate of drug-likeness (QED) is 0.843. The number of anilines is 1. The summed E-state index contributed by atoms with van der Waals surface area (Å²) in [6, 6.07) is 8.09. The van der Waals surface area contributed by atoms with Crippen LogP contribution in [0.5, 0.6) is 0 Å². The Morgan fingerprint density at radius 2 is 2.18 bits per heavy atom. The van der Waals surface area contributed by atoms with E-state index in [1.165, 1.54) is 0 Å². The molecule has 1 fully saturated rings. The number of aliphatic hydroxyl groups excluding tert-OH is 1. The first-order valence-electron chi connectivity index (χ1n) is 6.00. The Morgan fingerprint density at radius 1 is 1.41 bits per heavy atom. The van der Waals surface area contributed by atoms with E-state index in [1.807, 2.05) is 25.2 Å². The molecule has 4 heteroatoms. The third kappa shape index (κ3) is 1.78. The Hall–Kier alpha value is -1.55. The van der Waals surface area contributed by atoms with Crippen molar-refractivity contribution in [1.29, 1.82) is 0 Å². The first-order valence-corrected chi connectivity index (χ1v) is 6.00. The molecule has 2 aromatic rings. The summed E-state index contributed by atoms with van der Waals surface area (Å²) in [5.41, 5.74) is 2.24. The molecule has 4 nitrogen and oxygen atoms in total. The lowest BCUT2D eigenvalue weighted by Gasteiger charge is -2.13. The van der Waals surface area contributed by atoms with Crippen molar-refractivity contribution in [3.8, 4) is 0 Å². The Bertz CT molecular complexity index is 543. The molecule has 2 N–H and O–H groups in total. The summed E-state index contributed by atoms with van der Waals surface area (Å²) >= 11 is 0. The summed E-state index contributed by atoms with van der Waals surface area (Å²) in [6.45, 7) is 1.07. The summed E-state index contributed by atoms with van der Waals surface area (Å²) < 4.78 is 2.06. The molecule has 0 radical (unpaired) electrons. The van der Waals surface area contributed by atoms with Crippen molar-refractivity contribution < 1.29 is 5.11 Å². The lowest BCUT2D eigenvalue weighted by Crippen LogP contribution is -2.20. The van der Waals surface area contributed by atoms with Gasteiger partial charge in [-0.1, -0.05) is 12.1 Å². The van der Waals surface area contributed by atoms with Crippen molar-refractivity contribution in [3.05, 3.63) is 24.3 Å². The number of hydrogen-bond acceptors (Lipinski definition) is 3. The zero-order valence-electron chi connectivity index (χ0n) is 9.98. The summed E-state index contributed by atoms with van der Waals surface area (Å²) in [4.78, 5) is 4.55. The number of fused-ring (bicyclic) bond motifs is 1. The average Bonchev–Trinajstić information content (AvgIpc) is 3.08. The molecule has 1 heterocycles. The van der Waals surface area contributed by atoms with Gasteiger partial charge in [-0.05, 0) is 25.0 Å². The number of aliphatic hydroxyl groups is 1. The first-order chi connectivity index (χ1) is 8.24. The number of nitrogens with zero attached hydrogens (tertiary/aromatic N) is 2. The second-order valence-corrected chi connectivity index (χ2v) is 4.99. The summed E-state index contributed by atoms with van der Waals surface area (Å²) in [7, 11) is 2.01. The van der Waals surface area contributed by atoms with Gasteiger partial charge in [0.1, 0.15) is 0 Å². The monoisotopic (exact) mass is 231 g/mol. The molecule has 0 unspecified atom stereocenters. The van der Waals surface area contributed by atoms with Crippen LogP contribution in [-0.4, -0.2) is 27.8 Å². The zero-order valence-corrected chi connectivity index (χ0v) is 9.98. The largest absolute Gasteiger partial charge is 0.396 e. The van der Waals surface area contributed by atoms with Crippen LogP contribution in [0.4, 0.5) is 5.95 Å². The van der Waals surface area contributed by atoms with Crippen LogP contribution in [0.25, 0.3) is 11.0 Å². The zero-order chi connectivity index (χ0) is 11.9. The number of aromatic nitrogens is 2. The molecule has 1 aliphatic carbocycles. The van der Waals surface area contributed by atoms with Crippen molar-refractivity contribution in [3.63, 3.8) is 0 Å². The van der Waals surface area contributed by atoms with Crippen LogP contribution in [0.1, 0.15) is 12.8 Å². The van der Waals surface area contributed by atoms with E-state index in [4.69, 9.17) is 0 Å². The van der Waals surface area contributed by atoms with E-state index in [0.29, 0.717) is 0 Å². The minimum atomic E-state index is 0.109. The van der Waals surface area contributed by atoms with E-state index in [2.05, 4.69) is 20.9 Å². The van der Waals surface area contributed by atoms with Gasteiger partial charge in [0, 0.05) is 19.0 Å². The second-order valence-electron chi connectivity index (χ2n) is 4.99. The van der Waals surface area contributed by atoms with Gasteiger partial charge in [0.25, 0.3) is 0 Å². The molecule has 90 valence electrons. The number of imidazole rings is 1. The van der Waals surface area contributed by atoms with Gasteiger partial charge in [-0.2, -0.15) is 0 Å². The highest BCUT2D eigenvalue weighted by Gasteiger charge is 2.41. The highest BCUT2D eigenvalue weighted by molar-refractivity contribution is 5.78. The van der Waals surface area contributed by atoms with Crippen LogP contribution in [0, 0.1) is 5.41 Å². The number of aryl methyl sites for hydroxylation is 1. The molecule has 0 amide bonds. The van der Waals surface area contributed by atoms with Crippen molar-refractivity contribution in [1.82, 2.24) is 9.55 Å². The lowest BCUT2D eigenvalue weighted by atomic mass is 10.1. The first kappa shape index (κ1) is 10.6. The van der Waals surface area contributed by atoms with Crippen molar-refractivity contribution in [2.75, 3.05) is 18.5 Å². The standard InChI is InChI=1S/C13H17N3O/c1-16-11-5-3-2-4-10(11)15-12(16)14-8-13(9-17)6-7-13/h2-5,17H,6-9H2,1H3,(H,14,15). The van der Waals surface area contributed by atoms with Gasteiger partial charge < -0.3 is 15.0 Å². The third-order valence-electron chi connectivity index (χ3n) is 3.70. The van der Waals surface area contributed by atoms with Gasteiger partial charge in [-0.3, -0.25) is 0 Å². The van der Waals surface area contributed by atoms with Gasteiger partial charge in [0.15, 0.2) is 0 Å². The molecule has 0 atom stereocenters. The van der Waals surface area contributed by atoms with Crippen molar-refractivity contribution in [2.24, 2.45) is 12.5 Å². The average molecular weight is 231 g/mol. The van der Waals surface area contributed by atoms with Crippen LogP contribution >= 0.6 is 0 Å².